The van der Waals surface area contributed by atoms with Crippen LogP contribution < -0.4 is 5.32 Å². The monoisotopic (exact) mass is 263 g/mol. The number of amides is 1. The molecule has 1 N–H and O–H groups in total. The van der Waals surface area contributed by atoms with Gasteiger partial charge in [0.05, 0.1) is 5.75 Å². The zero-order chi connectivity index (χ0) is 9.84. The molecule has 1 aromatic heterocycles. The van der Waals surface area contributed by atoms with Gasteiger partial charge in [-0.05, 0) is 22.2 Å². The fraction of sp³-hybridized carbons (Fsp3) is 0.429. The fourth-order valence-corrected chi connectivity index (χ4v) is 1.45. The van der Waals surface area contributed by atoms with E-state index >= 15 is 0 Å². The zero-order valence-corrected chi connectivity index (χ0v) is 9.78. The summed E-state index contributed by atoms with van der Waals surface area (Å²) in [5, 5.41) is 6.74. The molecule has 0 fully saturated rings. The van der Waals surface area contributed by atoms with E-state index in [1.807, 2.05) is 6.26 Å². The van der Waals surface area contributed by atoms with Crippen molar-refractivity contribution in [2.24, 2.45) is 7.05 Å². The standard InChI is InChI=1S/C7H10BrN3OS/c1-11-5(8)3-6(10-11)9-7(12)4-13-2/h3H,4H2,1-2H3,(H,9,10,12). The number of thioether (sulfide) groups is 1. The quantitative estimate of drug-likeness (QED) is 0.899. The summed E-state index contributed by atoms with van der Waals surface area (Å²) in [5.74, 6) is 1.00. The molecule has 0 saturated heterocycles. The van der Waals surface area contributed by atoms with E-state index in [0.29, 0.717) is 11.6 Å². The van der Waals surface area contributed by atoms with Crippen molar-refractivity contribution in [1.29, 1.82) is 0 Å². The highest BCUT2D eigenvalue weighted by Crippen LogP contribution is 2.13. The minimum atomic E-state index is -0.0295. The third-order valence-electron chi connectivity index (χ3n) is 1.37. The van der Waals surface area contributed by atoms with E-state index in [4.69, 9.17) is 0 Å². The molecule has 13 heavy (non-hydrogen) atoms. The first-order valence-corrected chi connectivity index (χ1v) is 5.80. The fourth-order valence-electron chi connectivity index (χ4n) is 0.816. The first-order chi connectivity index (χ1) is 6.13. The Balaban J connectivity index is 2.59. The smallest absolute Gasteiger partial charge is 0.235 e. The summed E-state index contributed by atoms with van der Waals surface area (Å²) in [5.41, 5.74) is 0. The number of aromatic nitrogens is 2. The van der Waals surface area contributed by atoms with Crippen molar-refractivity contribution in [1.82, 2.24) is 9.78 Å². The van der Waals surface area contributed by atoms with Gasteiger partial charge in [-0.2, -0.15) is 16.9 Å². The van der Waals surface area contributed by atoms with Crippen molar-refractivity contribution in [3.63, 3.8) is 0 Å². The van der Waals surface area contributed by atoms with Gasteiger partial charge in [0.2, 0.25) is 5.91 Å². The number of hydrogen-bond acceptors (Lipinski definition) is 3. The summed E-state index contributed by atoms with van der Waals surface area (Å²) in [6, 6.07) is 1.76. The minimum absolute atomic E-state index is 0.0295. The molecule has 0 unspecified atom stereocenters. The first-order valence-electron chi connectivity index (χ1n) is 3.62. The van der Waals surface area contributed by atoms with Gasteiger partial charge in [0.25, 0.3) is 0 Å². The molecule has 0 aliphatic rings. The molecule has 1 aromatic rings. The van der Waals surface area contributed by atoms with Gasteiger partial charge in [-0.25, -0.2) is 0 Å². The van der Waals surface area contributed by atoms with E-state index in [-0.39, 0.29) is 5.91 Å². The van der Waals surface area contributed by atoms with Crippen LogP contribution in [0.3, 0.4) is 0 Å². The second-order valence-corrected chi connectivity index (χ2v) is 4.14. The normalized spacial score (nSPS) is 10.1. The van der Waals surface area contributed by atoms with Crippen LogP contribution in [0.25, 0.3) is 0 Å². The van der Waals surface area contributed by atoms with Gasteiger partial charge in [-0.1, -0.05) is 0 Å². The number of halogens is 1. The molecule has 1 amide bonds. The predicted molar refractivity (Wildman–Crippen MR) is 57.9 cm³/mol. The van der Waals surface area contributed by atoms with E-state index in [9.17, 15) is 4.79 Å². The molecule has 72 valence electrons. The van der Waals surface area contributed by atoms with Crippen molar-refractivity contribution in [3.05, 3.63) is 10.7 Å². The molecule has 0 radical (unpaired) electrons. The van der Waals surface area contributed by atoms with Gasteiger partial charge in [0.15, 0.2) is 5.82 Å². The van der Waals surface area contributed by atoms with E-state index < -0.39 is 0 Å². The number of nitrogens with one attached hydrogen (secondary N) is 1. The molecule has 6 heteroatoms. The number of anilines is 1. The van der Waals surface area contributed by atoms with Gasteiger partial charge in [-0.3, -0.25) is 9.48 Å². The van der Waals surface area contributed by atoms with Gasteiger partial charge >= 0.3 is 0 Å². The van der Waals surface area contributed by atoms with Crippen LogP contribution in [-0.2, 0) is 11.8 Å². The summed E-state index contributed by atoms with van der Waals surface area (Å²) < 4.78 is 2.49. The minimum Gasteiger partial charge on any atom is -0.308 e. The SMILES string of the molecule is CSCC(=O)Nc1cc(Br)n(C)n1. The molecule has 1 heterocycles. The van der Waals surface area contributed by atoms with Crippen LogP contribution in [0, 0.1) is 0 Å². The highest BCUT2D eigenvalue weighted by molar-refractivity contribution is 9.10. The predicted octanol–water partition coefficient (Wildman–Crippen LogP) is 1.48. The summed E-state index contributed by atoms with van der Waals surface area (Å²) in [6.07, 6.45) is 1.88. The molecular formula is C7H10BrN3OS. The summed E-state index contributed by atoms with van der Waals surface area (Å²) in [6.45, 7) is 0. The Hall–Kier alpha value is -0.490. The van der Waals surface area contributed by atoms with E-state index in [0.717, 1.165) is 4.60 Å². The average Bonchev–Trinajstić information content (AvgIpc) is 2.31. The lowest BCUT2D eigenvalue weighted by molar-refractivity contribution is -0.113. The van der Waals surface area contributed by atoms with Crippen LogP contribution >= 0.6 is 27.7 Å². The van der Waals surface area contributed by atoms with Crippen molar-refractivity contribution in [2.45, 2.75) is 0 Å². The highest BCUT2D eigenvalue weighted by atomic mass is 79.9. The van der Waals surface area contributed by atoms with E-state index in [1.165, 1.54) is 11.8 Å². The third kappa shape index (κ3) is 3.04. The third-order valence-corrected chi connectivity index (χ3v) is 2.66. The van der Waals surface area contributed by atoms with Crippen LogP contribution in [0.15, 0.2) is 10.7 Å². The number of aryl methyl sites for hydroxylation is 1. The van der Waals surface area contributed by atoms with Crippen molar-refractivity contribution < 1.29 is 4.79 Å². The van der Waals surface area contributed by atoms with Crippen LogP contribution in [-0.4, -0.2) is 27.7 Å². The largest absolute Gasteiger partial charge is 0.308 e. The summed E-state index contributed by atoms with van der Waals surface area (Å²) in [4.78, 5) is 11.1. The van der Waals surface area contributed by atoms with Crippen LogP contribution in [0.5, 0.6) is 0 Å². The Morgan fingerprint density at radius 2 is 2.54 bits per heavy atom. The molecule has 0 saturated carbocycles. The maximum absolute atomic E-state index is 11.1. The Morgan fingerprint density at radius 3 is 3.00 bits per heavy atom. The topological polar surface area (TPSA) is 46.9 Å². The van der Waals surface area contributed by atoms with Crippen molar-refractivity contribution >= 4 is 39.4 Å². The Kier molecular flexibility index (Phi) is 3.80. The molecule has 4 nitrogen and oxygen atoms in total. The molecule has 0 aromatic carbocycles. The molecular weight excluding hydrogens is 254 g/mol. The maximum Gasteiger partial charge on any atom is 0.235 e. The Labute approximate surface area is 89.2 Å². The number of nitrogens with zero attached hydrogens (tertiary/aromatic N) is 2. The van der Waals surface area contributed by atoms with Crippen LogP contribution in [0.1, 0.15) is 0 Å². The van der Waals surface area contributed by atoms with E-state index in [2.05, 4.69) is 26.3 Å². The van der Waals surface area contributed by atoms with Crippen LogP contribution in [0.4, 0.5) is 5.82 Å². The molecule has 1 rings (SSSR count). The van der Waals surface area contributed by atoms with Crippen LogP contribution in [0.2, 0.25) is 0 Å². The average molecular weight is 264 g/mol. The van der Waals surface area contributed by atoms with Crippen molar-refractivity contribution in [2.75, 3.05) is 17.3 Å². The second-order valence-electron chi connectivity index (χ2n) is 2.46. The number of carbonyl (C=O) groups excluding carboxylic acids is 1. The van der Waals surface area contributed by atoms with Gasteiger partial charge in [0.1, 0.15) is 4.60 Å². The van der Waals surface area contributed by atoms with Gasteiger partial charge < -0.3 is 5.32 Å². The number of carbonyl (C=O) groups is 1. The van der Waals surface area contributed by atoms with Gasteiger partial charge in [0, 0.05) is 13.1 Å². The van der Waals surface area contributed by atoms with Gasteiger partial charge in [-0.15, -0.1) is 0 Å². The zero-order valence-electron chi connectivity index (χ0n) is 7.37. The molecule has 0 spiro atoms. The molecule has 0 atom stereocenters. The maximum atomic E-state index is 11.1. The lowest BCUT2D eigenvalue weighted by Crippen LogP contribution is -2.14. The Morgan fingerprint density at radius 1 is 1.85 bits per heavy atom. The molecule has 0 aliphatic heterocycles. The lowest BCUT2D eigenvalue weighted by Gasteiger charge is -1.97. The van der Waals surface area contributed by atoms with E-state index in [1.54, 1.807) is 17.8 Å². The highest BCUT2D eigenvalue weighted by Gasteiger charge is 2.05. The number of hydrogen-bond donors (Lipinski definition) is 1. The Bertz CT molecular complexity index is 293. The second kappa shape index (κ2) is 4.66. The number of rotatable bonds is 3. The summed E-state index contributed by atoms with van der Waals surface area (Å²) >= 11 is 4.77. The lowest BCUT2D eigenvalue weighted by atomic mass is 10.6. The molecule has 0 aliphatic carbocycles. The first kappa shape index (κ1) is 10.6. The summed E-state index contributed by atoms with van der Waals surface area (Å²) in [7, 11) is 1.80. The molecule has 0 bridgehead atoms. The van der Waals surface area contributed by atoms with Crippen molar-refractivity contribution in [3.8, 4) is 0 Å².